The number of carbonyl (C=O) groups is 2. The van der Waals surface area contributed by atoms with Crippen molar-refractivity contribution >= 4 is 12.0 Å². The van der Waals surface area contributed by atoms with Crippen LogP contribution in [0.5, 0.6) is 0 Å². The van der Waals surface area contributed by atoms with E-state index in [0.717, 1.165) is 5.56 Å². The van der Waals surface area contributed by atoms with Crippen LogP contribution in [-0.4, -0.2) is 29.2 Å². The van der Waals surface area contributed by atoms with Gasteiger partial charge in [0.05, 0.1) is 0 Å². The predicted octanol–water partition coefficient (Wildman–Crippen LogP) is 3.18. The molecular formula is C18H27FN2O3. The van der Waals surface area contributed by atoms with Crippen LogP contribution >= 0.6 is 0 Å². The first kappa shape index (κ1) is 19.9. The monoisotopic (exact) mass is 338 g/mol. The van der Waals surface area contributed by atoms with E-state index in [0.29, 0.717) is 6.42 Å². The standard InChI is InChI=1S/C18H27FN2O3/c1-12(20-16(23)24-17(2,3)4)15(22)21-18(5,6)11-13-7-9-14(19)10-8-13/h7-10,12H,11H2,1-6H3,(H,20,23)(H,21,22)/t12-/m0/s1. The summed E-state index contributed by atoms with van der Waals surface area (Å²) >= 11 is 0. The van der Waals surface area contributed by atoms with Gasteiger partial charge in [0.25, 0.3) is 0 Å². The van der Waals surface area contributed by atoms with Crippen LogP contribution in [0.15, 0.2) is 24.3 Å². The van der Waals surface area contributed by atoms with Crippen LogP contribution in [0.4, 0.5) is 9.18 Å². The van der Waals surface area contributed by atoms with Crippen LogP contribution in [0.3, 0.4) is 0 Å². The molecule has 0 aliphatic carbocycles. The van der Waals surface area contributed by atoms with Gasteiger partial charge < -0.3 is 15.4 Å². The molecule has 0 saturated carbocycles. The second-order valence-electron chi connectivity index (χ2n) is 7.54. The predicted molar refractivity (Wildman–Crippen MR) is 91.2 cm³/mol. The molecule has 0 aromatic heterocycles. The zero-order valence-electron chi connectivity index (χ0n) is 15.2. The lowest BCUT2D eigenvalue weighted by Crippen LogP contribution is -2.53. The number of alkyl carbamates (subject to hydrolysis) is 1. The minimum atomic E-state index is -0.729. The third-order valence-electron chi connectivity index (χ3n) is 3.15. The molecule has 0 fully saturated rings. The first-order valence-electron chi connectivity index (χ1n) is 7.94. The van der Waals surface area contributed by atoms with Crippen molar-refractivity contribution in [3.8, 4) is 0 Å². The third-order valence-corrected chi connectivity index (χ3v) is 3.15. The number of carbonyl (C=O) groups excluding carboxylic acids is 2. The molecule has 5 nitrogen and oxygen atoms in total. The molecule has 2 N–H and O–H groups in total. The molecule has 1 aromatic rings. The van der Waals surface area contributed by atoms with Crippen molar-refractivity contribution in [2.75, 3.05) is 0 Å². The van der Waals surface area contributed by atoms with Crippen LogP contribution < -0.4 is 10.6 Å². The average molecular weight is 338 g/mol. The van der Waals surface area contributed by atoms with Crippen LogP contribution in [0, 0.1) is 5.82 Å². The summed E-state index contributed by atoms with van der Waals surface area (Å²) < 4.78 is 18.1. The Morgan fingerprint density at radius 3 is 2.17 bits per heavy atom. The number of rotatable bonds is 5. The van der Waals surface area contributed by atoms with Gasteiger partial charge in [0.1, 0.15) is 17.5 Å². The Balaban J connectivity index is 2.57. The fraction of sp³-hybridized carbons (Fsp3) is 0.556. The molecule has 2 amide bonds. The van der Waals surface area contributed by atoms with Gasteiger partial charge in [-0.2, -0.15) is 0 Å². The van der Waals surface area contributed by atoms with E-state index in [1.807, 2.05) is 13.8 Å². The number of benzene rings is 1. The van der Waals surface area contributed by atoms with Gasteiger partial charge in [0.2, 0.25) is 5.91 Å². The van der Waals surface area contributed by atoms with Crippen LogP contribution in [0.1, 0.15) is 47.1 Å². The highest BCUT2D eigenvalue weighted by Crippen LogP contribution is 2.14. The van der Waals surface area contributed by atoms with E-state index in [-0.39, 0.29) is 11.7 Å². The van der Waals surface area contributed by atoms with Crippen molar-refractivity contribution in [2.24, 2.45) is 0 Å². The number of hydrogen-bond acceptors (Lipinski definition) is 3. The van der Waals surface area contributed by atoms with Crippen LogP contribution in [0.25, 0.3) is 0 Å². The van der Waals surface area contributed by atoms with Crippen molar-refractivity contribution in [1.29, 1.82) is 0 Å². The topological polar surface area (TPSA) is 67.4 Å². The minimum Gasteiger partial charge on any atom is -0.444 e. The number of ether oxygens (including phenoxy) is 1. The first-order chi connectivity index (χ1) is 10.9. The molecule has 0 spiro atoms. The van der Waals surface area contributed by atoms with Gasteiger partial charge >= 0.3 is 6.09 Å². The quantitative estimate of drug-likeness (QED) is 0.866. The fourth-order valence-electron chi connectivity index (χ4n) is 2.15. The fourth-order valence-corrected chi connectivity index (χ4v) is 2.15. The van der Waals surface area contributed by atoms with Gasteiger partial charge in [0, 0.05) is 5.54 Å². The van der Waals surface area contributed by atoms with Crippen molar-refractivity contribution in [1.82, 2.24) is 10.6 Å². The molecule has 0 unspecified atom stereocenters. The van der Waals surface area contributed by atoms with Crippen molar-refractivity contribution < 1.29 is 18.7 Å². The lowest BCUT2D eigenvalue weighted by atomic mass is 9.94. The maximum Gasteiger partial charge on any atom is 0.408 e. The number of halogens is 1. The molecular weight excluding hydrogens is 311 g/mol. The Labute approximate surface area is 143 Å². The molecule has 0 heterocycles. The lowest BCUT2D eigenvalue weighted by molar-refractivity contribution is -0.124. The normalized spacial score (nSPS) is 13.1. The molecule has 1 rings (SSSR count). The van der Waals surface area contributed by atoms with E-state index in [4.69, 9.17) is 4.74 Å². The first-order valence-corrected chi connectivity index (χ1v) is 7.94. The van der Waals surface area contributed by atoms with Crippen LogP contribution in [-0.2, 0) is 16.0 Å². The molecule has 6 heteroatoms. The summed E-state index contributed by atoms with van der Waals surface area (Å²) in [6.07, 6.45) is -0.0976. The summed E-state index contributed by atoms with van der Waals surface area (Å²) in [5, 5.41) is 5.39. The maximum atomic E-state index is 13.0. The molecule has 134 valence electrons. The molecule has 0 aliphatic rings. The SMILES string of the molecule is C[C@H](NC(=O)OC(C)(C)C)C(=O)NC(C)(C)Cc1ccc(F)cc1. The van der Waals surface area contributed by atoms with Gasteiger partial charge in [-0.25, -0.2) is 9.18 Å². The largest absolute Gasteiger partial charge is 0.444 e. The highest BCUT2D eigenvalue weighted by atomic mass is 19.1. The number of hydrogen-bond donors (Lipinski definition) is 2. The third kappa shape index (κ3) is 7.44. The Kier molecular flexibility index (Phi) is 6.35. The average Bonchev–Trinajstić information content (AvgIpc) is 2.38. The van der Waals surface area contributed by atoms with E-state index in [9.17, 15) is 14.0 Å². The van der Waals surface area contributed by atoms with E-state index in [1.165, 1.54) is 12.1 Å². The van der Waals surface area contributed by atoms with E-state index in [2.05, 4.69) is 10.6 Å². The van der Waals surface area contributed by atoms with Gasteiger partial charge in [-0.15, -0.1) is 0 Å². The smallest absolute Gasteiger partial charge is 0.408 e. The molecule has 0 aliphatic heterocycles. The summed E-state index contributed by atoms with van der Waals surface area (Å²) in [6, 6.07) is 5.42. The van der Waals surface area contributed by atoms with Gasteiger partial charge in [-0.05, 0) is 65.7 Å². The number of amides is 2. The zero-order chi connectivity index (χ0) is 18.5. The molecule has 0 bridgehead atoms. The van der Waals surface area contributed by atoms with Crippen molar-refractivity contribution in [2.45, 2.75) is 65.1 Å². The summed E-state index contributed by atoms with van der Waals surface area (Å²) in [6.45, 7) is 10.6. The van der Waals surface area contributed by atoms with E-state index in [1.54, 1.807) is 39.8 Å². The highest BCUT2D eigenvalue weighted by molar-refractivity contribution is 5.85. The van der Waals surface area contributed by atoms with Gasteiger partial charge in [0.15, 0.2) is 0 Å². The summed E-state index contributed by atoms with van der Waals surface area (Å²) in [7, 11) is 0. The highest BCUT2D eigenvalue weighted by Gasteiger charge is 2.26. The minimum absolute atomic E-state index is 0.296. The van der Waals surface area contributed by atoms with E-state index >= 15 is 0 Å². The summed E-state index contributed by atoms with van der Waals surface area (Å²) in [5.41, 5.74) is -0.254. The Morgan fingerprint density at radius 1 is 1.12 bits per heavy atom. The second kappa shape index (κ2) is 7.64. The zero-order valence-corrected chi connectivity index (χ0v) is 15.2. The van der Waals surface area contributed by atoms with Crippen LogP contribution in [0.2, 0.25) is 0 Å². The van der Waals surface area contributed by atoms with Crippen molar-refractivity contribution in [3.63, 3.8) is 0 Å². The maximum absolute atomic E-state index is 13.0. The molecule has 1 aromatic carbocycles. The molecule has 24 heavy (non-hydrogen) atoms. The van der Waals surface area contributed by atoms with Crippen molar-refractivity contribution in [3.05, 3.63) is 35.6 Å². The molecule has 1 atom stereocenters. The second-order valence-corrected chi connectivity index (χ2v) is 7.54. The summed E-state index contributed by atoms with van der Waals surface area (Å²) in [4.78, 5) is 24.0. The van der Waals surface area contributed by atoms with E-state index < -0.39 is 23.3 Å². The summed E-state index contributed by atoms with van der Waals surface area (Å²) in [5.74, 6) is -0.608. The van der Waals surface area contributed by atoms with Gasteiger partial charge in [-0.3, -0.25) is 4.79 Å². The number of nitrogens with one attached hydrogen (secondary N) is 2. The Bertz CT molecular complexity index is 577. The van der Waals surface area contributed by atoms with Gasteiger partial charge in [-0.1, -0.05) is 12.1 Å². The lowest BCUT2D eigenvalue weighted by Gasteiger charge is -2.29. The molecule has 0 radical (unpaired) electrons. The Morgan fingerprint density at radius 2 is 1.67 bits per heavy atom. The molecule has 0 saturated heterocycles. The Hall–Kier alpha value is -2.11.